The molecule has 0 heterocycles. The smallest absolute Gasteiger partial charge is 0.305 e. The van der Waals surface area contributed by atoms with Gasteiger partial charge >= 0.3 is 11.9 Å². The lowest BCUT2D eigenvalue weighted by Crippen LogP contribution is -2.49. The van der Waals surface area contributed by atoms with E-state index in [1.165, 1.54) is 6.92 Å². The number of carboxylic acid groups (broad SMARTS) is 1. The maximum absolute atomic E-state index is 11.0. The minimum absolute atomic E-state index is 0.0786. The number of amides is 1. The van der Waals surface area contributed by atoms with E-state index in [0.29, 0.717) is 6.42 Å². The highest BCUT2D eigenvalue weighted by atomic mass is 16.5. The van der Waals surface area contributed by atoms with Crippen LogP contribution in [0.4, 0.5) is 0 Å². The van der Waals surface area contributed by atoms with Gasteiger partial charge in [0, 0.05) is 13.0 Å². The topological polar surface area (TPSA) is 119 Å². The Hall–Kier alpha value is -1.63. The molecule has 7 heteroatoms. The van der Waals surface area contributed by atoms with E-state index >= 15 is 0 Å². The molecule has 0 aromatic rings. The van der Waals surface area contributed by atoms with E-state index in [9.17, 15) is 14.4 Å². The molecule has 0 saturated carbocycles. The molecule has 0 radical (unpaired) electrons. The number of esters is 1. The molecule has 2 atom stereocenters. The highest BCUT2D eigenvalue weighted by Crippen LogP contribution is 1.99. The van der Waals surface area contributed by atoms with Crippen molar-refractivity contribution in [2.75, 3.05) is 6.61 Å². The van der Waals surface area contributed by atoms with Gasteiger partial charge in [-0.3, -0.25) is 19.7 Å². The molecular weight excluding hydrogens is 228 g/mol. The molecule has 0 aromatic carbocycles. The predicted octanol–water partition coefficient (Wildman–Crippen LogP) is -0.754. The van der Waals surface area contributed by atoms with E-state index in [1.54, 1.807) is 0 Å². The van der Waals surface area contributed by atoms with E-state index < -0.39 is 30.3 Å². The number of rotatable bonds is 8. The van der Waals surface area contributed by atoms with Crippen molar-refractivity contribution in [2.24, 2.45) is 5.73 Å². The summed E-state index contributed by atoms with van der Waals surface area (Å²) in [6.45, 7) is 3.17. The lowest BCUT2D eigenvalue weighted by Gasteiger charge is -2.21. The predicted molar refractivity (Wildman–Crippen MR) is 59.1 cm³/mol. The number of hydrogen-bond acceptors (Lipinski definition) is 5. The van der Waals surface area contributed by atoms with Gasteiger partial charge in [0.25, 0.3) is 0 Å². The van der Waals surface area contributed by atoms with E-state index in [1.807, 2.05) is 6.92 Å². The molecule has 0 saturated heterocycles. The quantitative estimate of drug-likeness (QED) is 0.485. The Balaban J connectivity index is 4.32. The molecular formula is C10H18N2O5. The summed E-state index contributed by atoms with van der Waals surface area (Å²) in [4.78, 5) is 32.2. The maximum atomic E-state index is 11.0. The zero-order valence-electron chi connectivity index (χ0n) is 9.93. The number of carbonyl (C=O) groups excluding carboxylic acids is 2. The van der Waals surface area contributed by atoms with Crippen LogP contribution in [0.15, 0.2) is 0 Å². The third-order valence-electron chi connectivity index (χ3n) is 2.14. The number of ether oxygens (including phenoxy) is 1. The Morgan fingerprint density at radius 3 is 2.35 bits per heavy atom. The Kier molecular flexibility index (Phi) is 6.88. The Morgan fingerprint density at radius 1 is 1.41 bits per heavy atom. The number of carbonyl (C=O) groups is 3. The number of nitrogens with two attached hydrogens (primary N) is 1. The van der Waals surface area contributed by atoms with Crippen molar-refractivity contribution in [3.8, 4) is 0 Å². The molecule has 98 valence electrons. The summed E-state index contributed by atoms with van der Waals surface area (Å²) in [5, 5.41) is 11.4. The molecule has 0 rings (SSSR count). The molecule has 0 aromatic heterocycles. The van der Waals surface area contributed by atoms with Crippen LogP contribution in [0.3, 0.4) is 0 Å². The summed E-state index contributed by atoms with van der Waals surface area (Å²) in [5.74, 6) is -2.29. The molecule has 1 unspecified atom stereocenters. The SMILES string of the molecule is CCC(COC(C)=O)N[C@@H](CC(=O)O)C(N)=O. The number of aliphatic carboxylic acids is 1. The van der Waals surface area contributed by atoms with Crippen LogP contribution in [-0.2, 0) is 19.1 Å². The molecule has 0 spiro atoms. The average molecular weight is 246 g/mol. The second kappa shape index (κ2) is 7.61. The van der Waals surface area contributed by atoms with Crippen LogP contribution in [0.2, 0.25) is 0 Å². The monoisotopic (exact) mass is 246 g/mol. The summed E-state index contributed by atoms with van der Waals surface area (Å²) in [7, 11) is 0. The van der Waals surface area contributed by atoms with Gasteiger partial charge in [-0.2, -0.15) is 0 Å². The van der Waals surface area contributed by atoms with Gasteiger partial charge in [0.15, 0.2) is 0 Å². The fraction of sp³-hybridized carbons (Fsp3) is 0.700. The molecule has 0 aliphatic carbocycles. The standard InChI is InChI=1S/C10H18N2O5/c1-3-7(5-17-6(2)13)12-8(10(11)16)4-9(14)15/h7-8,12H,3-5H2,1-2H3,(H2,11,16)(H,14,15)/t7?,8-/m0/s1. The summed E-state index contributed by atoms with van der Waals surface area (Å²) in [6.07, 6.45) is 0.183. The van der Waals surface area contributed by atoms with Crippen LogP contribution in [0.25, 0.3) is 0 Å². The first-order valence-electron chi connectivity index (χ1n) is 5.27. The van der Waals surface area contributed by atoms with Crippen LogP contribution in [0.1, 0.15) is 26.7 Å². The van der Waals surface area contributed by atoms with Crippen LogP contribution < -0.4 is 11.1 Å². The molecule has 0 aliphatic heterocycles. The van der Waals surface area contributed by atoms with Crippen molar-refractivity contribution in [1.29, 1.82) is 0 Å². The number of nitrogens with one attached hydrogen (secondary N) is 1. The first kappa shape index (κ1) is 15.4. The first-order valence-corrected chi connectivity index (χ1v) is 5.27. The van der Waals surface area contributed by atoms with Gasteiger partial charge in [0.1, 0.15) is 6.61 Å². The Labute approximate surface area is 99.3 Å². The minimum Gasteiger partial charge on any atom is -0.481 e. The van der Waals surface area contributed by atoms with Crippen molar-refractivity contribution >= 4 is 17.8 Å². The van der Waals surface area contributed by atoms with Crippen LogP contribution in [0, 0.1) is 0 Å². The number of hydrogen-bond donors (Lipinski definition) is 3. The summed E-state index contributed by atoms with van der Waals surface area (Å²) >= 11 is 0. The average Bonchev–Trinajstić information content (AvgIpc) is 2.21. The van der Waals surface area contributed by atoms with E-state index in [-0.39, 0.29) is 12.6 Å². The molecule has 0 bridgehead atoms. The summed E-state index contributed by atoms with van der Waals surface area (Å²) in [5.41, 5.74) is 5.07. The molecule has 1 amide bonds. The second-order valence-corrected chi connectivity index (χ2v) is 3.63. The molecule has 0 fully saturated rings. The zero-order valence-corrected chi connectivity index (χ0v) is 9.93. The van der Waals surface area contributed by atoms with E-state index in [0.717, 1.165) is 0 Å². The zero-order chi connectivity index (χ0) is 13.4. The van der Waals surface area contributed by atoms with Gasteiger partial charge in [-0.25, -0.2) is 0 Å². The molecule has 4 N–H and O–H groups in total. The van der Waals surface area contributed by atoms with E-state index in [2.05, 4.69) is 5.32 Å². The van der Waals surface area contributed by atoms with Crippen molar-refractivity contribution < 1.29 is 24.2 Å². The highest BCUT2D eigenvalue weighted by molar-refractivity contribution is 5.84. The second-order valence-electron chi connectivity index (χ2n) is 3.63. The van der Waals surface area contributed by atoms with Gasteiger partial charge in [-0.1, -0.05) is 6.92 Å². The maximum Gasteiger partial charge on any atom is 0.305 e. The first-order chi connectivity index (χ1) is 7.86. The van der Waals surface area contributed by atoms with Gasteiger partial charge in [-0.15, -0.1) is 0 Å². The lowest BCUT2D eigenvalue weighted by molar-refractivity contribution is -0.143. The summed E-state index contributed by atoms with van der Waals surface area (Å²) in [6, 6.07) is -1.26. The molecule has 7 nitrogen and oxygen atoms in total. The fourth-order valence-corrected chi connectivity index (χ4v) is 1.20. The normalized spacial score (nSPS) is 13.8. The van der Waals surface area contributed by atoms with Crippen LogP contribution in [-0.4, -0.2) is 41.6 Å². The fourth-order valence-electron chi connectivity index (χ4n) is 1.20. The van der Waals surface area contributed by atoms with Crippen molar-refractivity contribution in [3.63, 3.8) is 0 Å². The largest absolute Gasteiger partial charge is 0.481 e. The van der Waals surface area contributed by atoms with Crippen molar-refractivity contribution in [2.45, 2.75) is 38.8 Å². The third kappa shape index (κ3) is 7.29. The highest BCUT2D eigenvalue weighted by Gasteiger charge is 2.22. The number of carboxylic acids is 1. The van der Waals surface area contributed by atoms with Crippen LogP contribution >= 0.6 is 0 Å². The van der Waals surface area contributed by atoms with E-state index in [4.69, 9.17) is 15.6 Å². The molecule has 0 aliphatic rings. The van der Waals surface area contributed by atoms with Gasteiger partial charge in [-0.05, 0) is 6.42 Å². The Morgan fingerprint density at radius 2 is 2.00 bits per heavy atom. The van der Waals surface area contributed by atoms with Crippen molar-refractivity contribution in [3.05, 3.63) is 0 Å². The lowest BCUT2D eigenvalue weighted by atomic mass is 10.1. The van der Waals surface area contributed by atoms with Gasteiger partial charge in [0.05, 0.1) is 12.5 Å². The van der Waals surface area contributed by atoms with Crippen molar-refractivity contribution in [1.82, 2.24) is 5.32 Å². The van der Waals surface area contributed by atoms with Gasteiger partial charge < -0.3 is 15.6 Å². The Bertz CT molecular complexity index is 292. The van der Waals surface area contributed by atoms with Crippen LogP contribution in [0.5, 0.6) is 0 Å². The third-order valence-corrected chi connectivity index (χ3v) is 2.14. The van der Waals surface area contributed by atoms with Gasteiger partial charge in [0.2, 0.25) is 5.91 Å². The minimum atomic E-state index is -1.12. The molecule has 17 heavy (non-hydrogen) atoms. The summed E-state index contributed by atoms with van der Waals surface area (Å²) < 4.78 is 4.78. The number of primary amides is 1.